The van der Waals surface area contributed by atoms with Gasteiger partial charge in [0.25, 0.3) is 0 Å². The predicted octanol–water partition coefficient (Wildman–Crippen LogP) is 5.16. The van der Waals surface area contributed by atoms with Crippen molar-refractivity contribution in [3.05, 3.63) is 24.0 Å². The number of nitriles is 1. The third-order valence-corrected chi connectivity index (χ3v) is 10.3. The highest BCUT2D eigenvalue weighted by molar-refractivity contribution is 5.93. The fraction of sp³-hybridized carbons (Fsp3) is 0.741. The van der Waals surface area contributed by atoms with Crippen LogP contribution in [0.4, 0.5) is 5.69 Å². The zero-order chi connectivity index (χ0) is 22.7. The molecule has 0 radical (unpaired) electrons. The van der Waals surface area contributed by atoms with Crippen LogP contribution in [0.15, 0.2) is 18.3 Å². The Labute approximate surface area is 192 Å². The molecule has 4 saturated carbocycles. The van der Waals surface area contributed by atoms with Crippen LogP contribution in [0.5, 0.6) is 0 Å². The molecule has 9 atom stereocenters. The number of aromatic nitrogens is 1. The molecule has 5 rings (SSSR count). The van der Waals surface area contributed by atoms with Gasteiger partial charge in [-0.3, -0.25) is 4.79 Å². The van der Waals surface area contributed by atoms with Crippen molar-refractivity contribution in [3.63, 3.8) is 0 Å². The van der Waals surface area contributed by atoms with Crippen molar-refractivity contribution in [2.24, 2.45) is 46.8 Å². The highest BCUT2D eigenvalue weighted by atomic mass is 16.3. The van der Waals surface area contributed by atoms with Crippen molar-refractivity contribution in [1.82, 2.24) is 4.98 Å². The Kier molecular flexibility index (Phi) is 5.36. The maximum Gasteiger partial charge on any atom is 0.228 e. The van der Waals surface area contributed by atoms with Gasteiger partial charge in [0, 0.05) is 5.92 Å². The van der Waals surface area contributed by atoms with E-state index in [0.717, 1.165) is 49.9 Å². The van der Waals surface area contributed by atoms with Crippen LogP contribution >= 0.6 is 0 Å². The number of pyridine rings is 1. The number of nitrogens with one attached hydrogen (secondary N) is 1. The van der Waals surface area contributed by atoms with Crippen LogP contribution in [0.3, 0.4) is 0 Å². The average molecular weight is 436 g/mol. The Balaban J connectivity index is 1.30. The van der Waals surface area contributed by atoms with Gasteiger partial charge < -0.3 is 10.4 Å². The van der Waals surface area contributed by atoms with Crippen molar-refractivity contribution < 1.29 is 9.90 Å². The minimum Gasteiger partial charge on any atom is -0.390 e. The summed E-state index contributed by atoms with van der Waals surface area (Å²) in [5.74, 6) is 4.12. The molecule has 4 aliphatic carbocycles. The topological polar surface area (TPSA) is 86.0 Å². The van der Waals surface area contributed by atoms with Crippen molar-refractivity contribution in [2.75, 3.05) is 5.32 Å². The number of amides is 1. The molecule has 5 nitrogen and oxygen atoms in total. The first-order valence-electron chi connectivity index (χ1n) is 12.6. The first-order chi connectivity index (χ1) is 15.2. The maximum atomic E-state index is 13.3. The number of nitrogens with zero attached hydrogens (tertiary/aromatic N) is 2. The number of carbonyl (C=O) groups is 1. The van der Waals surface area contributed by atoms with Gasteiger partial charge in [-0.25, -0.2) is 4.98 Å². The van der Waals surface area contributed by atoms with Crippen molar-refractivity contribution in [1.29, 1.82) is 5.26 Å². The van der Waals surface area contributed by atoms with Crippen LogP contribution in [0.2, 0.25) is 0 Å². The van der Waals surface area contributed by atoms with Crippen LogP contribution in [-0.4, -0.2) is 21.6 Å². The minimum atomic E-state index is -0.506. The van der Waals surface area contributed by atoms with E-state index in [1.165, 1.54) is 19.3 Å². The highest BCUT2D eigenvalue weighted by Crippen LogP contribution is 2.65. The number of rotatable bonds is 2. The van der Waals surface area contributed by atoms with Crippen molar-refractivity contribution in [2.45, 2.75) is 77.7 Å². The molecule has 0 bridgehead atoms. The molecule has 5 heteroatoms. The minimum absolute atomic E-state index is 0.0489. The molecule has 32 heavy (non-hydrogen) atoms. The summed E-state index contributed by atoms with van der Waals surface area (Å²) < 4.78 is 0. The number of fused-ring (bicyclic) bond motifs is 5. The second-order valence-corrected chi connectivity index (χ2v) is 11.8. The normalized spacial score (nSPS) is 45.2. The van der Waals surface area contributed by atoms with Gasteiger partial charge >= 0.3 is 0 Å². The standard InChI is InChI=1S/C27H37N3O2/c1-16-12-22-17(13-27(16,3)32)4-7-21-20(22)10-11-26(2)23(21)8-9-24(26)25(31)30-19-6-5-18(14-28)29-15-19/h5-6,15-17,20-24,32H,4,7-13H2,1-3H3,(H,30,31)/t16-,17+,20-,21+,22-,23-,24+,26-,27-/m0/s1. The van der Waals surface area contributed by atoms with E-state index >= 15 is 0 Å². The molecular weight excluding hydrogens is 398 g/mol. The van der Waals surface area contributed by atoms with E-state index in [0.29, 0.717) is 29.1 Å². The van der Waals surface area contributed by atoms with Crippen LogP contribution in [0.25, 0.3) is 0 Å². The van der Waals surface area contributed by atoms with Crippen molar-refractivity contribution >= 4 is 11.6 Å². The van der Waals surface area contributed by atoms with Gasteiger partial charge in [0.2, 0.25) is 5.91 Å². The molecule has 4 aliphatic rings. The number of carbonyl (C=O) groups excluding carboxylic acids is 1. The lowest BCUT2D eigenvalue weighted by atomic mass is 9.48. The quantitative estimate of drug-likeness (QED) is 0.672. The Bertz CT molecular complexity index is 920. The van der Waals surface area contributed by atoms with E-state index < -0.39 is 5.60 Å². The summed E-state index contributed by atoms with van der Waals surface area (Å²) in [6.07, 6.45) is 10.7. The molecular formula is C27H37N3O2. The van der Waals surface area contributed by atoms with E-state index in [1.54, 1.807) is 18.3 Å². The molecule has 1 amide bonds. The summed E-state index contributed by atoms with van der Waals surface area (Å²) in [5.41, 5.74) is 0.611. The average Bonchev–Trinajstić information content (AvgIpc) is 3.12. The first kappa shape index (κ1) is 21.9. The van der Waals surface area contributed by atoms with E-state index in [9.17, 15) is 9.90 Å². The van der Waals surface area contributed by atoms with Gasteiger partial charge in [0.15, 0.2) is 0 Å². The molecule has 0 aromatic carbocycles. The summed E-state index contributed by atoms with van der Waals surface area (Å²) in [5, 5.41) is 22.9. The smallest absolute Gasteiger partial charge is 0.228 e. The van der Waals surface area contributed by atoms with E-state index in [1.807, 2.05) is 13.0 Å². The van der Waals surface area contributed by atoms with Gasteiger partial charge in [0.05, 0.1) is 17.5 Å². The summed E-state index contributed by atoms with van der Waals surface area (Å²) >= 11 is 0. The monoisotopic (exact) mass is 435 g/mol. The van der Waals surface area contributed by atoms with Crippen LogP contribution < -0.4 is 5.32 Å². The highest BCUT2D eigenvalue weighted by Gasteiger charge is 2.59. The van der Waals surface area contributed by atoms with Gasteiger partial charge in [-0.1, -0.05) is 13.8 Å². The van der Waals surface area contributed by atoms with Crippen LogP contribution in [0.1, 0.15) is 77.8 Å². The number of hydrogen-bond donors (Lipinski definition) is 2. The SMILES string of the molecule is C[C@H]1C[C@H]2[C@H](CC[C@@H]3[C@@H]2CC[C@]2(C)[C@@H](C(=O)Nc4ccc(C#N)nc4)CC[C@@H]32)C[C@]1(C)O. The zero-order valence-corrected chi connectivity index (χ0v) is 19.7. The molecule has 2 N–H and O–H groups in total. The molecule has 0 spiro atoms. The lowest BCUT2D eigenvalue weighted by Crippen LogP contribution is -2.53. The number of anilines is 1. The summed E-state index contributed by atoms with van der Waals surface area (Å²) in [6, 6.07) is 5.45. The summed E-state index contributed by atoms with van der Waals surface area (Å²) in [4.78, 5) is 17.4. The zero-order valence-electron chi connectivity index (χ0n) is 19.7. The molecule has 172 valence electrons. The lowest BCUT2D eigenvalue weighted by molar-refractivity contribution is -0.134. The Hall–Kier alpha value is -1.93. The predicted molar refractivity (Wildman–Crippen MR) is 123 cm³/mol. The summed E-state index contributed by atoms with van der Waals surface area (Å²) in [7, 11) is 0. The fourth-order valence-electron chi connectivity index (χ4n) is 8.44. The van der Waals surface area contributed by atoms with Crippen LogP contribution in [-0.2, 0) is 4.79 Å². The Morgan fingerprint density at radius 2 is 1.97 bits per heavy atom. The number of hydrogen-bond acceptors (Lipinski definition) is 4. The van der Waals surface area contributed by atoms with E-state index in [4.69, 9.17) is 5.26 Å². The second kappa shape index (κ2) is 7.83. The van der Waals surface area contributed by atoms with E-state index in [2.05, 4.69) is 24.1 Å². The summed E-state index contributed by atoms with van der Waals surface area (Å²) in [6.45, 7) is 6.66. The first-order valence-corrected chi connectivity index (χ1v) is 12.6. The lowest BCUT2D eigenvalue weighted by Gasteiger charge is -2.58. The molecule has 1 heterocycles. The Morgan fingerprint density at radius 3 is 2.69 bits per heavy atom. The van der Waals surface area contributed by atoms with Gasteiger partial charge in [-0.2, -0.15) is 5.26 Å². The van der Waals surface area contributed by atoms with Gasteiger partial charge in [-0.05, 0) is 111 Å². The van der Waals surface area contributed by atoms with Gasteiger partial charge in [0.1, 0.15) is 11.8 Å². The molecule has 0 unspecified atom stereocenters. The van der Waals surface area contributed by atoms with E-state index in [-0.39, 0.29) is 17.2 Å². The second-order valence-electron chi connectivity index (χ2n) is 11.8. The molecule has 4 fully saturated rings. The fourth-order valence-corrected chi connectivity index (χ4v) is 8.44. The molecule has 1 aromatic rings. The molecule has 0 saturated heterocycles. The maximum absolute atomic E-state index is 13.3. The van der Waals surface area contributed by atoms with Crippen molar-refractivity contribution in [3.8, 4) is 6.07 Å². The Morgan fingerprint density at radius 1 is 1.16 bits per heavy atom. The van der Waals surface area contributed by atoms with Gasteiger partial charge in [-0.15, -0.1) is 0 Å². The largest absolute Gasteiger partial charge is 0.390 e. The molecule has 1 aromatic heterocycles. The molecule has 0 aliphatic heterocycles. The van der Waals surface area contributed by atoms with Crippen LogP contribution in [0, 0.1) is 58.2 Å². The third kappa shape index (κ3) is 3.46. The number of aliphatic hydroxyl groups is 1. The third-order valence-electron chi connectivity index (χ3n) is 10.3.